The highest BCUT2D eigenvalue weighted by Crippen LogP contribution is 2.26. The third-order valence-electron chi connectivity index (χ3n) is 2.78. The van der Waals surface area contributed by atoms with Crippen LogP contribution in [0.5, 0.6) is 5.75 Å². The second-order valence-corrected chi connectivity index (χ2v) is 4.27. The van der Waals surface area contributed by atoms with Crippen LogP contribution in [-0.2, 0) is 0 Å². The smallest absolute Gasteiger partial charge is 0.406 e. The molecule has 21 heavy (non-hydrogen) atoms. The Morgan fingerprint density at radius 1 is 0.857 bits per heavy atom. The number of hydrogen-bond donors (Lipinski definition) is 1. The van der Waals surface area contributed by atoms with Crippen molar-refractivity contribution in [2.75, 3.05) is 0 Å². The Balaban J connectivity index is 2.19. The molecule has 0 aliphatic rings. The molecule has 0 aliphatic carbocycles. The predicted octanol–water partition coefficient (Wildman–Crippen LogP) is 3.91. The van der Waals surface area contributed by atoms with Crippen LogP contribution in [0.2, 0.25) is 0 Å². The van der Waals surface area contributed by atoms with Gasteiger partial charge in [-0.05, 0) is 35.4 Å². The van der Waals surface area contributed by atoms with Gasteiger partial charge in [0.25, 0.3) is 0 Å². The van der Waals surface area contributed by atoms with Crippen molar-refractivity contribution in [3.63, 3.8) is 0 Å². The van der Waals surface area contributed by atoms with Crippen molar-refractivity contribution in [2.45, 2.75) is 12.4 Å². The highest BCUT2D eigenvalue weighted by Gasteiger charge is 2.31. The second-order valence-electron chi connectivity index (χ2n) is 4.27. The Hall–Kier alpha value is -2.15. The summed E-state index contributed by atoms with van der Waals surface area (Å²) < 4.78 is 65.8. The number of halogens is 5. The standard InChI is InChI=1S/C14H10F5NO/c15-11-6-3-9(7-12(11)16)13(20)8-1-4-10(5-2-8)21-14(17,18)19/h1-7,13H,20H2. The van der Waals surface area contributed by atoms with Gasteiger partial charge in [-0.25, -0.2) is 8.78 Å². The van der Waals surface area contributed by atoms with Crippen LogP contribution in [0.3, 0.4) is 0 Å². The molecule has 0 saturated carbocycles. The second kappa shape index (κ2) is 5.69. The minimum atomic E-state index is -4.77. The molecule has 0 aromatic heterocycles. The molecule has 0 fully saturated rings. The molecule has 0 radical (unpaired) electrons. The maximum Gasteiger partial charge on any atom is 0.573 e. The van der Waals surface area contributed by atoms with Gasteiger partial charge in [0.2, 0.25) is 0 Å². The summed E-state index contributed by atoms with van der Waals surface area (Å²) in [6, 6.07) is 7.25. The summed E-state index contributed by atoms with van der Waals surface area (Å²) in [4.78, 5) is 0. The van der Waals surface area contributed by atoms with Gasteiger partial charge in [-0.1, -0.05) is 18.2 Å². The van der Waals surface area contributed by atoms with Crippen LogP contribution in [0.1, 0.15) is 17.2 Å². The summed E-state index contributed by atoms with van der Waals surface area (Å²) in [5, 5.41) is 0. The van der Waals surface area contributed by atoms with Crippen molar-refractivity contribution >= 4 is 0 Å². The van der Waals surface area contributed by atoms with Gasteiger partial charge in [0.1, 0.15) is 5.75 Å². The first kappa shape index (κ1) is 15.2. The number of rotatable bonds is 3. The molecule has 2 N–H and O–H groups in total. The quantitative estimate of drug-likeness (QED) is 0.873. The molecule has 2 nitrogen and oxygen atoms in total. The van der Waals surface area contributed by atoms with Gasteiger partial charge in [-0.15, -0.1) is 13.2 Å². The molecule has 2 aromatic rings. The maximum absolute atomic E-state index is 13.1. The molecule has 0 spiro atoms. The Bertz CT molecular complexity index is 624. The summed E-state index contributed by atoms with van der Waals surface area (Å²) in [6.07, 6.45) is -4.77. The molecule has 0 aliphatic heterocycles. The molecular formula is C14H10F5NO. The van der Waals surface area contributed by atoms with Crippen LogP contribution in [-0.4, -0.2) is 6.36 Å². The summed E-state index contributed by atoms with van der Waals surface area (Å²) in [5.74, 6) is -2.43. The van der Waals surface area contributed by atoms with Crippen LogP contribution in [0, 0.1) is 11.6 Å². The number of ether oxygens (including phenoxy) is 1. The van der Waals surface area contributed by atoms with Gasteiger partial charge < -0.3 is 10.5 Å². The molecule has 0 amide bonds. The predicted molar refractivity (Wildman–Crippen MR) is 65.5 cm³/mol. The summed E-state index contributed by atoms with van der Waals surface area (Å²) >= 11 is 0. The van der Waals surface area contributed by atoms with Crippen LogP contribution >= 0.6 is 0 Å². The molecule has 112 valence electrons. The summed E-state index contributed by atoms with van der Waals surface area (Å²) in [6.45, 7) is 0. The molecule has 2 rings (SSSR count). The van der Waals surface area contributed by atoms with E-state index in [4.69, 9.17) is 5.73 Å². The first-order valence-corrected chi connectivity index (χ1v) is 5.82. The molecule has 0 saturated heterocycles. The lowest BCUT2D eigenvalue weighted by molar-refractivity contribution is -0.274. The fraction of sp³-hybridized carbons (Fsp3) is 0.143. The van der Waals surface area contributed by atoms with E-state index in [1.54, 1.807) is 0 Å². The van der Waals surface area contributed by atoms with E-state index < -0.39 is 24.0 Å². The first-order chi connectivity index (χ1) is 9.76. The lowest BCUT2D eigenvalue weighted by Crippen LogP contribution is -2.17. The maximum atomic E-state index is 13.1. The van der Waals surface area contributed by atoms with Gasteiger partial charge in [-0.2, -0.15) is 0 Å². The number of nitrogens with two attached hydrogens (primary N) is 1. The van der Waals surface area contributed by atoms with E-state index in [1.807, 2.05) is 0 Å². The fourth-order valence-corrected chi connectivity index (χ4v) is 1.78. The van der Waals surface area contributed by atoms with Gasteiger partial charge in [0.15, 0.2) is 11.6 Å². The zero-order valence-electron chi connectivity index (χ0n) is 10.5. The molecular weight excluding hydrogens is 293 g/mol. The van der Waals surface area contributed by atoms with Crippen molar-refractivity contribution in [3.05, 3.63) is 65.2 Å². The molecule has 1 atom stereocenters. The number of hydrogen-bond acceptors (Lipinski definition) is 2. The lowest BCUT2D eigenvalue weighted by atomic mass is 9.99. The Morgan fingerprint density at radius 3 is 1.95 bits per heavy atom. The molecule has 0 heterocycles. The Labute approximate surface area is 116 Å². The normalized spacial score (nSPS) is 13.0. The highest BCUT2D eigenvalue weighted by atomic mass is 19.4. The van der Waals surface area contributed by atoms with Crippen molar-refractivity contribution < 1.29 is 26.7 Å². The largest absolute Gasteiger partial charge is 0.573 e. The van der Waals surface area contributed by atoms with E-state index in [2.05, 4.69) is 4.74 Å². The average Bonchev–Trinajstić information content (AvgIpc) is 2.40. The molecule has 1 unspecified atom stereocenters. The van der Waals surface area contributed by atoms with E-state index in [-0.39, 0.29) is 5.75 Å². The van der Waals surface area contributed by atoms with E-state index in [9.17, 15) is 22.0 Å². The molecule has 0 bridgehead atoms. The number of alkyl halides is 3. The van der Waals surface area contributed by atoms with Gasteiger partial charge in [0.05, 0.1) is 6.04 Å². The number of benzene rings is 2. The summed E-state index contributed by atoms with van der Waals surface area (Å²) in [7, 11) is 0. The van der Waals surface area contributed by atoms with Gasteiger partial charge in [0, 0.05) is 0 Å². The van der Waals surface area contributed by atoms with E-state index >= 15 is 0 Å². The Kier molecular flexibility index (Phi) is 4.13. The topological polar surface area (TPSA) is 35.2 Å². The van der Waals surface area contributed by atoms with Crippen LogP contribution in [0.4, 0.5) is 22.0 Å². The Morgan fingerprint density at radius 2 is 1.43 bits per heavy atom. The molecule has 2 aromatic carbocycles. The third-order valence-corrected chi connectivity index (χ3v) is 2.78. The zero-order valence-corrected chi connectivity index (χ0v) is 10.5. The minimum absolute atomic E-state index is 0.304. The van der Waals surface area contributed by atoms with Crippen LogP contribution in [0.25, 0.3) is 0 Å². The van der Waals surface area contributed by atoms with Crippen molar-refractivity contribution in [1.29, 1.82) is 0 Å². The lowest BCUT2D eigenvalue weighted by Gasteiger charge is -2.14. The first-order valence-electron chi connectivity index (χ1n) is 5.82. The van der Waals surface area contributed by atoms with Crippen molar-refractivity contribution in [2.24, 2.45) is 5.73 Å². The average molecular weight is 303 g/mol. The van der Waals surface area contributed by atoms with E-state index in [0.717, 1.165) is 24.3 Å². The van der Waals surface area contributed by atoms with E-state index in [0.29, 0.717) is 11.1 Å². The van der Waals surface area contributed by atoms with Crippen molar-refractivity contribution in [3.8, 4) is 5.75 Å². The SMILES string of the molecule is NC(c1ccc(OC(F)(F)F)cc1)c1ccc(F)c(F)c1. The fourth-order valence-electron chi connectivity index (χ4n) is 1.78. The highest BCUT2D eigenvalue weighted by molar-refractivity contribution is 5.35. The monoisotopic (exact) mass is 303 g/mol. The third kappa shape index (κ3) is 3.91. The van der Waals surface area contributed by atoms with Crippen molar-refractivity contribution in [1.82, 2.24) is 0 Å². The minimum Gasteiger partial charge on any atom is -0.406 e. The summed E-state index contributed by atoms with van der Waals surface area (Å²) in [5.41, 5.74) is 6.60. The van der Waals surface area contributed by atoms with Crippen LogP contribution in [0.15, 0.2) is 42.5 Å². The zero-order chi connectivity index (χ0) is 15.6. The van der Waals surface area contributed by atoms with Gasteiger partial charge >= 0.3 is 6.36 Å². The van der Waals surface area contributed by atoms with Crippen LogP contribution < -0.4 is 10.5 Å². The van der Waals surface area contributed by atoms with E-state index in [1.165, 1.54) is 18.2 Å². The molecule has 7 heteroatoms. The van der Waals surface area contributed by atoms with Gasteiger partial charge in [-0.3, -0.25) is 0 Å².